The average molecular weight is 326 g/mol. The number of carbonyl (C=O) groups is 2. The molecule has 3 rings (SSSR count). The van der Waals surface area contributed by atoms with E-state index in [-0.39, 0.29) is 17.6 Å². The molecule has 0 bridgehead atoms. The molecule has 1 aliphatic heterocycles. The molecule has 1 fully saturated rings. The van der Waals surface area contributed by atoms with Crippen LogP contribution in [0, 0.1) is 12.7 Å². The molecule has 0 radical (unpaired) electrons. The second kappa shape index (κ2) is 6.83. The third-order valence-electron chi connectivity index (χ3n) is 4.21. The predicted octanol–water partition coefficient (Wildman–Crippen LogP) is 2.95. The molecule has 2 aromatic rings. The lowest BCUT2D eigenvalue weighted by atomic mass is 10.1. The van der Waals surface area contributed by atoms with Gasteiger partial charge in [-0.2, -0.15) is 0 Å². The molecular formula is C19H19FN2O2. The SMILES string of the molecule is Cc1ccc(CNC(=O)C2CCC(=O)N2c2ccc(F)cc2)cc1. The number of hydrogen-bond acceptors (Lipinski definition) is 2. The summed E-state index contributed by atoms with van der Waals surface area (Å²) in [4.78, 5) is 26.1. The first kappa shape index (κ1) is 16.2. The molecule has 0 aliphatic carbocycles. The minimum Gasteiger partial charge on any atom is -0.350 e. The summed E-state index contributed by atoms with van der Waals surface area (Å²) >= 11 is 0. The van der Waals surface area contributed by atoms with Crippen molar-refractivity contribution in [1.82, 2.24) is 5.32 Å². The summed E-state index contributed by atoms with van der Waals surface area (Å²) in [5, 5.41) is 2.89. The first-order chi connectivity index (χ1) is 11.5. The Bertz CT molecular complexity index is 741. The number of nitrogens with zero attached hydrogens (tertiary/aromatic N) is 1. The molecule has 1 aliphatic rings. The number of nitrogens with one attached hydrogen (secondary N) is 1. The number of benzene rings is 2. The summed E-state index contributed by atoms with van der Waals surface area (Å²) in [5.74, 6) is -0.673. The van der Waals surface area contributed by atoms with Crippen molar-refractivity contribution in [2.45, 2.75) is 32.4 Å². The van der Waals surface area contributed by atoms with E-state index in [2.05, 4.69) is 5.32 Å². The van der Waals surface area contributed by atoms with Gasteiger partial charge in [0.25, 0.3) is 0 Å². The largest absolute Gasteiger partial charge is 0.350 e. The Hall–Kier alpha value is -2.69. The molecule has 2 amide bonds. The van der Waals surface area contributed by atoms with Gasteiger partial charge in [-0.05, 0) is 43.2 Å². The Morgan fingerprint density at radius 3 is 2.50 bits per heavy atom. The van der Waals surface area contributed by atoms with Gasteiger partial charge in [0.1, 0.15) is 11.9 Å². The smallest absolute Gasteiger partial charge is 0.243 e. The highest BCUT2D eigenvalue weighted by Gasteiger charge is 2.36. The van der Waals surface area contributed by atoms with Crippen molar-refractivity contribution in [3.8, 4) is 0 Å². The molecule has 1 N–H and O–H groups in total. The fraction of sp³-hybridized carbons (Fsp3) is 0.263. The number of anilines is 1. The van der Waals surface area contributed by atoms with E-state index in [0.29, 0.717) is 25.1 Å². The van der Waals surface area contributed by atoms with E-state index in [9.17, 15) is 14.0 Å². The van der Waals surface area contributed by atoms with Crippen LogP contribution < -0.4 is 10.2 Å². The van der Waals surface area contributed by atoms with Crippen LogP contribution in [-0.4, -0.2) is 17.9 Å². The third-order valence-corrected chi connectivity index (χ3v) is 4.21. The molecule has 0 saturated carbocycles. The van der Waals surface area contributed by atoms with E-state index in [0.717, 1.165) is 11.1 Å². The number of halogens is 1. The van der Waals surface area contributed by atoms with Crippen molar-refractivity contribution in [3.63, 3.8) is 0 Å². The predicted molar refractivity (Wildman–Crippen MR) is 89.9 cm³/mol. The van der Waals surface area contributed by atoms with Gasteiger partial charge in [0.15, 0.2) is 0 Å². The standard InChI is InChI=1S/C19H19FN2O2/c1-13-2-4-14(5-3-13)12-21-19(24)17-10-11-18(23)22(17)16-8-6-15(20)7-9-16/h2-9,17H,10-12H2,1H3,(H,21,24). The van der Waals surface area contributed by atoms with Crippen LogP contribution in [0.5, 0.6) is 0 Å². The molecule has 1 unspecified atom stereocenters. The maximum atomic E-state index is 13.1. The maximum Gasteiger partial charge on any atom is 0.243 e. The Morgan fingerprint density at radius 1 is 1.17 bits per heavy atom. The van der Waals surface area contributed by atoms with Crippen LogP contribution in [0.4, 0.5) is 10.1 Å². The molecule has 1 atom stereocenters. The van der Waals surface area contributed by atoms with Gasteiger partial charge in [0.2, 0.25) is 11.8 Å². The summed E-state index contributed by atoms with van der Waals surface area (Å²) in [6, 6.07) is 13.0. The fourth-order valence-electron chi connectivity index (χ4n) is 2.87. The Labute approximate surface area is 140 Å². The topological polar surface area (TPSA) is 49.4 Å². The van der Waals surface area contributed by atoms with Crippen LogP contribution in [0.3, 0.4) is 0 Å². The summed E-state index contributed by atoms with van der Waals surface area (Å²) in [6.07, 6.45) is 0.788. The lowest BCUT2D eigenvalue weighted by molar-refractivity contribution is -0.124. The summed E-state index contributed by atoms with van der Waals surface area (Å²) in [5.41, 5.74) is 2.72. The molecular weight excluding hydrogens is 307 g/mol. The molecule has 5 heteroatoms. The van der Waals surface area contributed by atoms with E-state index < -0.39 is 6.04 Å². The first-order valence-electron chi connectivity index (χ1n) is 7.95. The average Bonchev–Trinajstić information content (AvgIpc) is 2.96. The summed E-state index contributed by atoms with van der Waals surface area (Å²) in [7, 11) is 0. The second-order valence-corrected chi connectivity index (χ2v) is 6.00. The van der Waals surface area contributed by atoms with Crippen molar-refractivity contribution >= 4 is 17.5 Å². The van der Waals surface area contributed by atoms with E-state index in [1.807, 2.05) is 31.2 Å². The van der Waals surface area contributed by atoms with Crippen molar-refractivity contribution in [2.75, 3.05) is 4.90 Å². The second-order valence-electron chi connectivity index (χ2n) is 6.00. The van der Waals surface area contributed by atoms with Gasteiger partial charge in [0, 0.05) is 18.7 Å². The minimum atomic E-state index is -0.548. The van der Waals surface area contributed by atoms with E-state index in [1.54, 1.807) is 0 Å². The van der Waals surface area contributed by atoms with Gasteiger partial charge in [-0.1, -0.05) is 29.8 Å². The third kappa shape index (κ3) is 3.45. The van der Waals surface area contributed by atoms with Gasteiger partial charge >= 0.3 is 0 Å². The molecule has 124 valence electrons. The Balaban J connectivity index is 1.69. The van der Waals surface area contributed by atoms with Gasteiger partial charge in [-0.3, -0.25) is 14.5 Å². The fourth-order valence-corrected chi connectivity index (χ4v) is 2.87. The van der Waals surface area contributed by atoms with Crippen molar-refractivity contribution in [3.05, 3.63) is 65.5 Å². The lowest BCUT2D eigenvalue weighted by Crippen LogP contribution is -2.44. The number of hydrogen-bond donors (Lipinski definition) is 1. The number of rotatable bonds is 4. The monoisotopic (exact) mass is 326 g/mol. The highest BCUT2D eigenvalue weighted by molar-refractivity contribution is 6.03. The summed E-state index contributed by atoms with van der Waals surface area (Å²) in [6.45, 7) is 2.42. The highest BCUT2D eigenvalue weighted by Crippen LogP contribution is 2.27. The quantitative estimate of drug-likeness (QED) is 0.939. The Morgan fingerprint density at radius 2 is 1.83 bits per heavy atom. The van der Waals surface area contributed by atoms with Gasteiger partial charge in [-0.25, -0.2) is 4.39 Å². The molecule has 4 nitrogen and oxygen atoms in total. The van der Waals surface area contributed by atoms with E-state index in [4.69, 9.17) is 0 Å². The zero-order chi connectivity index (χ0) is 17.1. The van der Waals surface area contributed by atoms with Crippen LogP contribution >= 0.6 is 0 Å². The van der Waals surface area contributed by atoms with Crippen LogP contribution in [0.15, 0.2) is 48.5 Å². The van der Waals surface area contributed by atoms with Crippen LogP contribution in [0.1, 0.15) is 24.0 Å². The zero-order valence-electron chi connectivity index (χ0n) is 13.5. The van der Waals surface area contributed by atoms with Crippen LogP contribution in [-0.2, 0) is 16.1 Å². The number of carbonyl (C=O) groups excluding carboxylic acids is 2. The Kier molecular flexibility index (Phi) is 4.60. The van der Waals surface area contributed by atoms with Gasteiger partial charge in [0.05, 0.1) is 0 Å². The van der Waals surface area contributed by atoms with Crippen LogP contribution in [0.2, 0.25) is 0 Å². The maximum absolute atomic E-state index is 13.1. The normalized spacial score (nSPS) is 17.2. The lowest BCUT2D eigenvalue weighted by Gasteiger charge is -2.24. The summed E-state index contributed by atoms with van der Waals surface area (Å²) < 4.78 is 13.1. The number of amides is 2. The van der Waals surface area contributed by atoms with E-state index in [1.165, 1.54) is 29.2 Å². The first-order valence-corrected chi connectivity index (χ1v) is 7.95. The van der Waals surface area contributed by atoms with Crippen molar-refractivity contribution in [1.29, 1.82) is 0 Å². The molecule has 0 aromatic heterocycles. The molecule has 1 saturated heterocycles. The van der Waals surface area contributed by atoms with Crippen LogP contribution in [0.25, 0.3) is 0 Å². The highest BCUT2D eigenvalue weighted by atomic mass is 19.1. The van der Waals surface area contributed by atoms with Gasteiger partial charge in [-0.15, -0.1) is 0 Å². The molecule has 24 heavy (non-hydrogen) atoms. The number of aryl methyl sites for hydroxylation is 1. The minimum absolute atomic E-state index is 0.114. The van der Waals surface area contributed by atoms with Crippen molar-refractivity contribution in [2.24, 2.45) is 0 Å². The zero-order valence-corrected chi connectivity index (χ0v) is 13.5. The van der Waals surface area contributed by atoms with Crippen molar-refractivity contribution < 1.29 is 14.0 Å². The molecule has 2 aromatic carbocycles. The van der Waals surface area contributed by atoms with Gasteiger partial charge < -0.3 is 5.32 Å². The molecule has 0 spiro atoms. The molecule has 1 heterocycles. The van der Waals surface area contributed by atoms with E-state index >= 15 is 0 Å².